The van der Waals surface area contributed by atoms with Crippen molar-refractivity contribution in [2.24, 2.45) is 0 Å². The van der Waals surface area contributed by atoms with Gasteiger partial charge in [-0.05, 0) is 18.2 Å². The van der Waals surface area contributed by atoms with Crippen molar-refractivity contribution < 1.29 is 9.90 Å². The van der Waals surface area contributed by atoms with Crippen LogP contribution in [0.5, 0.6) is 0 Å². The predicted molar refractivity (Wildman–Crippen MR) is 62.6 cm³/mol. The van der Waals surface area contributed by atoms with Gasteiger partial charge in [-0.25, -0.2) is 0 Å². The molecule has 0 unspecified atom stereocenters. The lowest BCUT2D eigenvalue weighted by Gasteiger charge is -2.05. The van der Waals surface area contributed by atoms with Crippen LogP contribution in [0, 0.1) is 0 Å². The molecule has 0 amide bonds. The summed E-state index contributed by atoms with van der Waals surface area (Å²) in [4.78, 5) is 10.3. The van der Waals surface area contributed by atoms with Crippen molar-refractivity contribution in [3.05, 3.63) is 27.1 Å². The molecule has 0 aliphatic heterocycles. The van der Waals surface area contributed by atoms with Gasteiger partial charge in [-0.3, -0.25) is 4.79 Å². The van der Waals surface area contributed by atoms with Gasteiger partial charge in [0.2, 0.25) is 0 Å². The topological polar surface area (TPSA) is 49.3 Å². The Labute approximate surface area is 98.8 Å². The standard InChI is InChI=1S/C9H9Br2NO2/c10-6-3-7(11)5-8(4-6)12-2-1-9(13)14/h3-5,12H,1-2H2,(H,13,14). The molecule has 1 aromatic carbocycles. The number of aliphatic carboxylic acids is 1. The number of nitrogens with one attached hydrogen (secondary N) is 1. The molecule has 0 aliphatic rings. The number of carboxylic acids is 1. The number of rotatable bonds is 4. The second kappa shape index (κ2) is 5.36. The highest BCUT2D eigenvalue weighted by Crippen LogP contribution is 2.23. The molecule has 5 heteroatoms. The van der Waals surface area contributed by atoms with Gasteiger partial charge in [-0.2, -0.15) is 0 Å². The first-order chi connectivity index (χ1) is 6.58. The zero-order chi connectivity index (χ0) is 10.6. The molecular formula is C9H9Br2NO2. The van der Waals surface area contributed by atoms with E-state index < -0.39 is 5.97 Å². The fourth-order valence-corrected chi connectivity index (χ4v) is 2.26. The van der Waals surface area contributed by atoms with E-state index in [0.29, 0.717) is 6.54 Å². The Kier molecular flexibility index (Phi) is 4.41. The Morgan fingerprint density at radius 3 is 2.36 bits per heavy atom. The van der Waals surface area contributed by atoms with Crippen molar-refractivity contribution in [3.8, 4) is 0 Å². The number of carbonyl (C=O) groups is 1. The quantitative estimate of drug-likeness (QED) is 0.895. The van der Waals surface area contributed by atoms with Crippen LogP contribution in [0.15, 0.2) is 27.1 Å². The van der Waals surface area contributed by atoms with E-state index in [-0.39, 0.29) is 6.42 Å². The first-order valence-electron chi connectivity index (χ1n) is 3.99. The minimum absolute atomic E-state index is 0.115. The van der Waals surface area contributed by atoms with E-state index >= 15 is 0 Å². The van der Waals surface area contributed by atoms with Gasteiger partial charge >= 0.3 is 5.97 Å². The van der Waals surface area contributed by atoms with Crippen molar-refractivity contribution in [3.63, 3.8) is 0 Å². The summed E-state index contributed by atoms with van der Waals surface area (Å²) < 4.78 is 1.90. The smallest absolute Gasteiger partial charge is 0.305 e. The van der Waals surface area contributed by atoms with E-state index in [0.717, 1.165) is 14.6 Å². The number of anilines is 1. The molecule has 76 valence electrons. The third-order valence-electron chi connectivity index (χ3n) is 1.53. The normalized spacial score (nSPS) is 9.86. The Morgan fingerprint density at radius 1 is 1.29 bits per heavy atom. The molecule has 0 saturated carbocycles. The molecule has 1 rings (SSSR count). The molecule has 14 heavy (non-hydrogen) atoms. The molecule has 3 nitrogen and oxygen atoms in total. The molecule has 0 radical (unpaired) electrons. The molecule has 0 fully saturated rings. The highest BCUT2D eigenvalue weighted by Gasteiger charge is 1.99. The maximum atomic E-state index is 10.3. The van der Waals surface area contributed by atoms with Crippen LogP contribution in [0.1, 0.15) is 6.42 Å². The minimum atomic E-state index is -0.799. The first-order valence-corrected chi connectivity index (χ1v) is 5.58. The number of hydrogen-bond donors (Lipinski definition) is 2. The monoisotopic (exact) mass is 321 g/mol. The highest BCUT2D eigenvalue weighted by molar-refractivity contribution is 9.11. The second-order valence-electron chi connectivity index (χ2n) is 2.73. The molecular weight excluding hydrogens is 314 g/mol. The molecule has 0 saturated heterocycles. The molecule has 0 aromatic heterocycles. The van der Waals surface area contributed by atoms with Gasteiger partial charge in [0.25, 0.3) is 0 Å². The van der Waals surface area contributed by atoms with Crippen molar-refractivity contribution in [2.75, 3.05) is 11.9 Å². The van der Waals surface area contributed by atoms with Gasteiger partial charge in [-0.15, -0.1) is 0 Å². The SMILES string of the molecule is O=C(O)CCNc1cc(Br)cc(Br)c1. The number of carboxylic acid groups (broad SMARTS) is 1. The van der Waals surface area contributed by atoms with Crippen molar-refractivity contribution in [1.82, 2.24) is 0 Å². The lowest BCUT2D eigenvalue weighted by molar-refractivity contribution is -0.136. The molecule has 0 aliphatic carbocycles. The van der Waals surface area contributed by atoms with Crippen LogP contribution in [0.25, 0.3) is 0 Å². The van der Waals surface area contributed by atoms with Gasteiger partial charge in [0.15, 0.2) is 0 Å². The van der Waals surface area contributed by atoms with Crippen LogP contribution >= 0.6 is 31.9 Å². The van der Waals surface area contributed by atoms with Crippen LogP contribution < -0.4 is 5.32 Å². The molecule has 0 spiro atoms. The molecule has 1 aromatic rings. The summed E-state index contributed by atoms with van der Waals surface area (Å²) in [5.41, 5.74) is 0.896. The average molecular weight is 323 g/mol. The van der Waals surface area contributed by atoms with Gasteiger partial charge < -0.3 is 10.4 Å². The average Bonchev–Trinajstić information content (AvgIpc) is 2.01. The summed E-state index contributed by atoms with van der Waals surface area (Å²) >= 11 is 6.69. The lowest BCUT2D eigenvalue weighted by Crippen LogP contribution is -2.07. The summed E-state index contributed by atoms with van der Waals surface area (Å²) in [6.45, 7) is 0.429. The number of hydrogen-bond acceptors (Lipinski definition) is 2. The summed E-state index contributed by atoms with van der Waals surface area (Å²) in [7, 11) is 0. The highest BCUT2D eigenvalue weighted by atomic mass is 79.9. The van der Waals surface area contributed by atoms with E-state index in [1.165, 1.54) is 0 Å². The van der Waals surface area contributed by atoms with Gasteiger partial charge in [0, 0.05) is 21.2 Å². The predicted octanol–water partition coefficient (Wildman–Crippen LogP) is 3.10. The van der Waals surface area contributed by atoms with Crippen molar-refractivity contribution >= 4 is 43.5 Å². The van der Waals surface area contributed by atoms with Gasteiger partial charge in [-0.1, -0.05) is 31.9 Å². The summed E-state index contributed by atoms with van der Waals surface area (Å²) in [5, 5.41) is 11.5. The Balaban J connectivity index is 2.54. The zero-order valence-corrected chi connectivity index (χ0v) is 10.4. The van der Waals surface area contributed by atoms with Crippen LogP contribution in [0.4, 0.5) is 5.69 Å². The zero-order valence-electron chi connectivity index (χ0n) is 7.26. The number of halogens is 2. The Morgan fingerprint density at radius 2 is 1.86 bits per heavy atom. The second-order valence-corrected chi connectivity index (χ2v) is 4.56. The van der Waals surface area contributed by atoms with Gasteiger partial charge in [0.05, 0.1) is 6.42 Å². The van der Waals surface area contributed by atoms with Crippen LogP contribution in [0.3, 0.4) is 0 Å². The molecule has 2 N–H and O–H groups in total. The van der Waals surface area contributed by atoms with Crippen molar-refractivity contribution in [2.45, 2.75) is 6.42 Å². The van der Waals surface area contributed by atoms with Gasteiger partial charge in [0.1, 0.15) is 0 Å². The van der Waals surface area contributed by atoms with E-state index in [1.807, 2.05) is 18.2 Å². The maximum absolute atomic E-state index is 10.3. The third kappa shape index (κ3) is 4.11. The fraction of sp³-hybridized carbons (Fsp3) is 0.222. The van der Waals surface area contributed by atoms with E-state index in [4.69, 9.17) is 5.11 Å². The van der Waals surface area contributed by atoms with E-state index in [9.17, 15) is 4.79 Å². The largest absolute Gasteiger partial charge is 0.481 e. The van der Waals surface area contributed by atoms with Crippen LogP contribution in [-0.4, -0.2) is 17.6 Å². The Bertz CT molecular complexity index is 321. The number of benzene rings is 1. The van der Waals surface area contributed by atoms with Crippen LogP contribution in [0.2, 0.25) is 0 Å². The fourth-order valence-electron chi connectivity index (χ4n) is 0.970. The molecule has 0 bridgehead atoms. The lowest BCUT2D eigenvalue weighted by atomic mass is 10.3. The Hall–Kier alpha value is -0.550. The van der Waals surface area contributed by atoms with E-state index in [2.05, 4.69) is 37.2 Å². The summed E-state index contributed by atoms with van der Waals surface area (Å²) in [6, 6.07) is 5.71. The summed E-state index contributed by atoms with van der Waals surface area (Å²) in [6.07, 6.45) is 0.115. The maximum Gasteiger partial charge on any atom is 0.305 e. The molecule has 0 heterocycles. The van der Waals surface area contributed by atoms with Crippen LogP contribution in [-0.2, 0) is 4.79 Å². The minimum Gasteiger partial charge on any atom is -0.481 e. The van der Waals surface area contributed by atoms with E-state index in [1.54, 1.807) is 0 Å². The summed E-state index contributed by atoms with van der Waals surface area (Å²) in [5.74, 6) is -0.799. The molecule has 0 atom stereocenters. The van der Waals surface area contributed by atoms with Crippen molar-refractivity contribution in [1.29, 1.82) is 0 Å². The first kappa shape index (κ1) is 11.5. The third-order valence-corrected chi connectivity index (χ3v) is 2.45.